The van der Waals surface area contributed by atoms with Crippen molar-refractivity contribution in [1.82, 2.24) is 9.97 Å². The third-order valence-electron chi connectivity index (χ3n) is 3.46. The van der Waals surface area contributed by atoms with E-state index < -0.39 is 17.1 Å². The van der Waals surface area contributed by atoms with E-state index in [1.165, 1.54) is 6.20 Å². The van der Waals surface area contributed by atoms with Crippen LogP contribution in [0, 0.1) is 0 Å². The lowest BCUT2D eigenvalue weighted by Gasteiger charge is -2.28. The number of amides is 1. The van der Waals surface area contributed by atoms with Gasteiger partial charge in [-0.2, -0.15) is 0 Å². The largest absolute Gasteiger partial charge is 0.444 e. The Hall–Kier alpha value is -1.69. The van der Waals surface area contributed by atoms with Crippen molar-refractivity contribution >= 4 is 11.9 Å². The normalized spacial score (nSPS) is 12.1. The maximum Gasteiger partial charge on any atom is 0.413 e. The summed E-state index contributed by atoms with van der Waals surface area (Å²) in [6.07, 6.45) is 4.00. The lowest BCUT2D eigenvalue weighted by atomic mass is 9.80. The van der Waals surface area contributed by atoms with Crippen molar-refractivity contribution in [2.45, 2.75) is 58.5 Å². The number of carbonyl (C=O) groups excluding carboxylic acids is 1. The van der Waals surface area contributed by atoms with Gasteiger partial charge in [-0.3, -0.25) is 10.3 Å². The highest BCUT2D eigenvalue weighted by Gasteiger charge is 2.30. The van der Waals surface area contributed by atoms with E-state index in [4.69, 9.17) is 4.74 Å². The number of aromatic nitrogens is 2. The summed E-state index contributed by atoms with van der Waals surface area (Å²) < 4.78 is 5.18. The smallest absolute Gasteiger partial charge is 0.413 e. The Balaban J connectivity index is 2.93. The number of nitrogens with zero attached hydrogens (tertiary/aromatic N) is 2. The lowest BCUT2D eigenvalue weighted by Crippen LogP contribution is -2.31. The minimum Gasteiger partial charge on any atom is -0.444 e. The predicted octanol–water partition coefficient (Wildman–Crippen LogP) is 2.87. The highest BCUT2D eigenvalue weighted by Crippen LogP contribution is 2.29. The van der Waals surface area contributed by atoms with Crippen molar-refractivity contribution in [3.63, 3.8) is 0 Å². The van der Waals surface area contributed by atoms with E-state index in [1.807, 2.05) is 13.8 Å². The number of aliphatic hydroxyl groups is 1. The first kappa shape index (κ1) is 17.4. The molecule has 0 spiro atoms. The zero-order valence-electron chi connectivity index (χ0n) is 13.4. The maximum atomic E-state index is 11.7. The van der Waals surface area contributed by atoms with E-state index in [9.17, 15) is 9.90 Å². The Morgan fingerprint density at radius 2 is 1.90 bits per heavy atom. The molecule has 118 valence electrons. The third kappa shape index (κ3) is 4.67. The SMILES string of the molecule is CCC(CC)(CO)c1cncc(NC(=O)OC(C)(C)C)n1. The van der Waals surface area contributed by atoms with Crippen LogP contribution in [-0.4, -0.2) is 33.4 Å². The van der Waals surface area contributed by atoms with Crippen LogP contribution in [0.3, 0.4) is 0 Å². The van der Waals surface area contributed by atoms with Crippen molar-refractivity contribution in [3.05, 3.63) is 18.1 Å². The van der Waals surface area contributed by atoms with Gasteiger partial charge in [-0.05, 0) is 33.6 Å². The minimum absolute atomic E-state index is 0.00935. The van der Waals surface area contributed by atoms with Gasteiger partial charge in [0.25, 0.3) is 0 Å². The predicted molar refractivity (Wildman–Crippen MR) is 81.2 cm³/mol. The van der Waals surface area contributed by atoms with Gasteiger partial charge in [0.15, 0.2) is 5.82 Å². The van der Waals surface area contributed by atoms with Gasteiger partial charge in [0.2, 0.25) is 0 Å². The molecule has 1 amide bonds. The molecule has 0 saturated carbocycles. The molecule has 0 aliphatic heterocycles. The van der Waals surface area contributed by atoms with E-state index in [2.05, 4.69) is 15.3 Å². The molecule has 0 aliphatic carbocycles. The number of rotatable bonds is 5. The number of ether oxygens (including phenoxy) is 1. The molecule has 0 aromatic carbocycles. The lowest BCUT2D eigenvalue weighted by molar-refractivity contribution is 0.0635. The van der Waals surface area contributed by atoms with Crippen LogP contribution in [0.4, 0.5) is 10.6 Å². The molecule has 6 nitrogen and oxygen atoms in total. The van der Waals surface area contributed by atoms with Gasteiger partial charge in [0, 0.05) is 11.6 Å². The average Bonchev–Trinajstić information content (AvgIpc) is 2.39. The summed E-state index contributed by atoms with van der Waals surface area (Å²) in [5, 5.41) is 12.2. The Bertz CT molecular complexity index is 471. The van der Waals surface area contributed by atoms with Crippen LogP contribution in [-0.2, 0) is 10.2 Å². The van der Waals surface area contributed by atoms with Crippen LogP contribution in [0.15, 0.2) is 12.4 Å². The van der Waals surface area contributed by atoms with E-state index in [-0.39, 0.29) is 6.61 Å². The highest BCUT2D eigenvalue weighted by atomic mass is 16.6. The first-order chi connectivity index (χ1) is 9.76. The number of anilines is 1. The number of hydrogen-bond donors (Lipinski definition) is 2. The quantitative estimate of drug-likeness (QED) is 0.872. The molecule has 1 rings (SSSR count). The molecule has 1 aromatic heterocycles. The summed E-state index contributed by atoms with van der Waals surface area (Å²) in [6, 6.07) is 0. The zero-order chi connectivity index (χ0) is 16.1. The number of aliphatic hydroxyl groups excluding tert-OH is 1. The second-order valence-corrected chi connectivity index (χ2v) is 6.06. The zero-order valence-corrected chi connectivity index (χ0v) is 13.4. The summed E-state index contributed by atoms with van der Waals surface area (Å²) in [5.74, 6) is 0.321. The monoisotopic (exact) mass is 295 g/mol. The summed E-state index contributed by atoms with van der Waals surface area (Å²) >= 11 is 0. The summed E-state index contributed by atoms with van der Waals surface area (Å²) in [7, 11) is 0. The van der Waals surface area contributed by atoms with Gasteiger partial charge in [0.1, 0.15) is 5.60 Å². The molecule has 0 fully saturated rings. The molecule has 0 saturated heterocycles. The van der Waals surface area contributed by atoms with Crippen LogP contribution >= 0.6 is 0 Å². The van der Waals surface area contributed by atoms with Gasteiger partial charge in [-0.1, -0.05) is 13.8 Å². The minimum atomic E-state index is -0.573. The Morgan fingerprint density at radius 3 is 2.38 bits per heavy atom. The van der Waals surface area contributed by atoms with Gasteiger partial charge < -0.3 is 9.84 Å². The molecule has 0 atom stereocenters. The highest BCUT2D eigenvalue weighted by molar-refractivity contribution is 5.83. The van der Waals surface area contributed by atoms with Crippen LogP contribution in [0.5, 0.6) is 0 Å². The van der Waals surface area contributed by atoms with E-state index >= 15 is 0 Å². The molecule has 21 heavy (non-hydrogen) atoms. The molecule has 1 heterocycles. The number of hydrogen-bond acceptors (Lipinski definition) is 5. The van der Waals surface area contributed by atoms with Gasteiger partial charge >= 0.3 is 6.09 Å². The summed E-state index contributed by atoms with van der Waals surface area (Å²) in [6.45, 7) is 9.36. The van der Waals surface area contributed by atoms with Crippen molar-refractivity contribution in [3.8, 4) is 0 Å². The van der Waals surface area contributed by atoms with Crippen molar-refractivity contribution < 1.29 is 14.6 Å². The van der Waals surface area contributed by atoms with Crippen LogP contribution in [0.1, 0.15) is 53.2 Å². The fourth-order valence-corrected chi connectivity index (χ4v) is 2.01. The first-order valence-corrected chi connectivity index (χ1v) is 7.19. The van der Waals surface area contributed by atoms with E-state index in [0.717, 1.165) is 12.8 Å². The summed E-state index contributed by atoms with van der Waals surface area (Å²) in [4.78, 5) is 20.2. The van der Waals surface area contributed by atoms with E-state index in [0.29, 0.717) is 11.5 Å². The van der Waals surface area contributed by atoms with Crippen molar-refractivity contribution in [1.29, 1.82) is 0 Å². The Kier molecular flexibility index (Phi) is 5.66. The molecule has 0 bridgehead atoms. The molecule has 0 radical (unpaired) electrons. The molecule has 0 unspecified atom stereocenters. The first-order valence-electron chi connectivity index (χ1n) is 7.19. The van der Waals surface area contributed by atoms with Crippen LogP contribution in [0.25, 0.3) is 0 Å². The number of carbonyl (C=O) groups is 1. The average molecular weight is 295 g/mol. The summed E-state index contributed by atoms with van der Waals surface area (Å²) in [5.41, 5.74) is -0.335. The third-order valence-corrected chi connectivity index (χ3v) is 3.46. The molecule has 1 aromatic rings. The molecule has 6 heteroatoms. The van der Waals surface area contributed by atoms with Crippen molar-refractivity contribution in [2.24, 2.45) is 0 Å². The second kappa shape index (κ2) is 6.85. The van der Waals surface area contributed by atoms with E-state index in [1.54, 1.807) is 27.0 Å². The van der Waals surface area contributed by atoms with Crippen molar-refractivity contribution in [2.75, 3.05) is 11.9 Å². The Morgan fingerprint density at radius 1 is 1.29 bits per heavy atom. The molecular weight excluding hydrogens is 270 g/mol. The molecular formula is C15H25N3O3. The van der Waals surface area contributed by atoms with Crippen LogP contribution in [0.2, 0.25) is 0 Å². The molecule has 0 aliphatic rings. The Labute approximate surface area is 126 Å². The van der Waals surface area contributed by atoms with Gasteiger partial charge in [0.05, 0.1) is 18.5 Å². The second-order valence-electron chi connectivity index (χ2n) is 6.06. The molecule has 2 N–H and O–H groups in total. The van der Waals surface area contributed by atoms with Gasteiger partial charge in [-0.15, -0.1) is 0 Å². The standard InChI is InChI=1S/C15H25N3O3/c1-6-15(7-2,10-19)11-8-16-9-12(17-11)18-13(20)21-14(3,4)5/h8-9,19H,6-7,10H2,1-5H3,(H,17,18,20). The topological polar surface area (TPSA) is 84.3 Å². The number of nitrogens with one attached hydrogen (secondary N) is 1. The fraction of sp³-hybridized carbons (Fsp3) is 0.667. The van der Waals surface area contributed by atoms with Crippen LogP contribution < -0.4 is 5.32 Å². The maximum absolute atomic E-state index is 11.7. The fourth-order valence-electron chi connectivity index (χ4n) is 2.01. The van der Waals surface area contributed by atoms with Gasteiger partial charge in [-0.25, -0.2) is 9.78 Å².